The molecule has 1 saturated carbocycles. The predicted octanol–water partition coefficient (Wildman–Crippen LogP) is 3.19. The lowest BCUT2D eigenvalue weighted by Gasteiger charge is -2.39. The number of piperidine rings is 1. The molecule has 2 rings (SSSR count). The maximum absolute atomic E-state index is 12.8. The van der Waals surface area contributed by atoms with E-state index in [1.807, 2.05) is 0 Å². The summed E-state index contributed by atoms with van der Waals surface area (Å²) in [5.74, 6) is 1.41. The Balaban J connectivity index is 1.91. The number of hydrogen-bond acceptors (Lipinski definition) is 2. The summed E-state index contributed by atoms with van der Waals surface area (Å²) in [5.41, 5.74) is 0. The van der Waals surface area contributed by atoms with E-state index >= 15 is 0 Å². The highest BCUT2D eigenvalue weighted by Gasteiger charge is 2.32. The van der Waals surface area contributed by atoms with Crippen LogP contribution in [0.5, 0.6) is 0 Å². The number of nitrogens with zero attached hydrogens (tertiary/aromatic N) is 1. The molecule has 1 saturated heterocycles. The van der Waals surface area contributed by atoms with E-state index in [0.29, 0.717) is 23.8 Å². The van der Waals surface area contributed by atoms with Gasteiger partial charge >= 0.3 is 0 Å². The average Bonchev–Trinajstić information content (AvgIpc) is 2.45. The Morgan fingerprint density at radius 3 is 2.35 bits per heavy atom. The third-order valence-corrected chi connectivity index (χ3v) is 5.40. The Labute approximate surface area is 124 Å². The SMILES string of the molecule is CCC1CN(C(=O)C2CCCCCCC2)CCC1NC. The summed E-state index contributed by atoms with van der Waals surface area (Å²) in [5, 5.41) is 3.42. The van der Waals surface area contributed by atoms with Crippen molar-refractivity contribution in [2.45, 2.75) is 70.8 Å². The second kappa shape index (κ2) is 8.02. The van der Waals surface area contributed by atoms with Gasteiger partial charge in [-0.25, -0.2) is 0 Å². The molecule has 2 unspecified atom stereocenters. The minimum atomic E-state index is 0.318. The van der Waals surface area contributed by atoms with Crippen LogP contribution in [0.15, 0.2) is 0 Å². The van der Waals surface area contributed by atoms with Crippen LogP contribution in [0, 0.1) is 11.8 Å². The van der Waals surface area contributed by atoms with E-state index < -0.39 is 0 Å². The molecule has 2 atom stereocenters. The van der Waals surface area contributed by atoms with Crippen molar-refractivity contribution in [1.29, 1.82) is 0 Å². The van der Waals surface area contributed by atoms with Gasteiger partial charge in [-0.2, -0.15) is 0 Å². The van der Waals surface area contributed by atoms with Gasteiger partial charge in [-0.15, -0.1) is 0 Å². The van der Waals surface area contributed by atoms with Crippen LogP contribution in [0.3, 0.4) is 0 Å². The van der Waals surface area contributed by atoms with E-state index in [0.717, 1.165) is 32.4 Å². The van der Waals surface area contributed by atoms with Crippen molar-refractivity contribution in [2.75, 3.05) is 20.1 Å². The number of likely N-dealkylation sites (tertiary alicyclic amines) is 1. The van der Waals surface area contributed by atoms with Crippen LogP contribution >= 0.6 is 0 Å². The first-order valence-corrected chi connectivity index (χ1v) is 8.72. The van der Waals surface area contributed by atoms with Crippen molar-refractivity contribution in [3.63, 3.8) is 0 Å². The molecule has 116 valence electrons. The minimum absolute atomic E-state index is 0.318. The second-order valence-corrected chi connectivity index (χ2v) is 6.68. The van der Waals surface area contributed by atoms with Gasteiger partial charge in [0, 0.05) is 25.0 Å². The maximum atomic E-state index is 12.8. The van der Waals surface area contributed by atoms with Gasteiger partial charge in [0.25, 0.3) is 0 Å². The van der Waals surface area contributed by atoms with Gasteiger partial charge in [0.05, 0.1) is 0 Å². The van der Waals surface area contributed by atoms with Crippen molar-refractivity contribution < 1.29 is 4.79 Å². The number of carbonyl (C=O) groups is 1. The fourth-order valence-corrected chi connectivity index (χ4v) is 3.99. The van der Waals surface area contributed by atoms with Crippen molar-refractivity contribution in [3.8, 4) is 0 Å². The van der Waals surface area contributed by atoms with Crippen molar-refractivity contribution in [3.05, 3.63) is 0 Å². The molecule has 1 N–H and O–H groups in total. The molecule has 1 aliphatic carbocycles. The molecule has 0 aromatic heterocycles. The van der Waals surface area contributed by atoms with Crippen molar-refractivity contribution in [1.82, 2.24) is 10.2 Å². The van der Waals surface area contributed by atoms with Crippen molar-refractivity contribution in [2.24, 2.45) is 11.8 Å². The van der Waals surface area contributed by atoms with Gasteiger partial charge < -0.3 is 10.2 Å². The number of rotatable bonds is 3. The summed E-state index contributed by atoms with van der Waals surface area (Å²) in [6.45, 7) is 4.17. The van der Waals surface area contributed by atoms with Gasteiger partial charge in [0.1, 0.15) is 0 Å². The molecule has 3 heteroatoms. The van der Waals surface area contributed by atoms with Crippen LogP contribution < -0.4 is 5.32 Å². The van der Waals surface area contributed by atoms with Gasteiger partial charge in [-0.05, 0) is 32.2 Å². The smallest absolute Gasteiger partial charge is 0.225 e. The zero-order valence-electron chi connectivity index (χ0n) is 13.4. The highest BCUT2D eigenvalue weighted by Crippen LogP contribution is 2.27. The lowest BCUT2D eigenvalue weighted by atomic mass is 9.86. The number of carbonyl (C=O) groups excluding carboxylic acids is 1. The van der Waals surface area contributed by atoms with Crippen LogP contribution in [-0.2, 0) is 4.79 Å². The third-order valence-electron chi connectivity index (χ3n) is 5.40. The quantitative estimate of drug-likeness (QED) is 0.861. The molecular formula is C17H32N2O. The summed E-state index contributed by atoms with van der Waals surface area (Å²) >= 11 is 0. The van der Waals surface area contributed by atoms with Gasteiger partial charge in [0.2, 0.25) is 5.91 Å². The molecule has 1 heterocycles. The highest BCUT2D eigenvalue weighted by molar-refractivity contribution is 5.79. The highest BCUT2D eigenvalue weighted by atomic mass is 16.2. The Morgan fingerprint density at radius 2 is 1.75 bits per heavy atom. The van der Waals surface area contributed by atoms with E-state index in [1.54, 1.807) is 0 Å². The standard InChI is InChI=1S/C17H32N2O/c1-3-14-13-19(12-11-16(14)18-2)17(20)15-9-7-5-4-6-8-10-15/h14-16,18H,3-13H2,1-2H3. The first kappa shape index (κ1) is 15.8. The summed E-state index contributed by atoms with van der Waals surface area (Å²) in [4.78, 5) is 15.0. The van der Waals surface area contributed by atoms with E-state index in [9.17, 15) is 4.79 Å². The topological polar surface area (TPSA) is 32.3 Å². The summed E-state index contributed by atoms with van der Waals surface area (Å²) in [6, 6.07) is 0.599. The molecule has 0 bridgehead atoms. The van der Waals surface area contributed by atoms with E-state index in [1.165, 1.54) is 38.5 Å². The van der Waals surface area contributed by atoms with E-state index in [2.05, 4.69) is 24.2 Å². The monoisotopic (exact) mass is 280 g/mol. The lowest BCUT2D eigenvalue weighted by Crippen LogP contribution is -2.51. The molecule has 0 radical (unpaired) electrons. The Morgan fingerprint density at radius 1 is 1.10 bits per heavy atom. The first-order chi connectivity index (χ1) is 9.76. The number of hydrogen-bond donors (Lipinski definition) is 1. The normalized spacial score (nSPS) is 29.8. The number of nitrogens with one attached hydrogen (secondary N) is 1. The molecule has 0 spiro atoms. The molecule has 1 aliphatic heterocycles. The molecule has 3 nitrogen and oxygen atoms in total. The minimum Gasteiger partial charge on any atom is -0.342 e. The van der Waals surface area contributed by atoms with Crippen LogP contribution in [0.25, 0.3) is 0 Å². The lowest BCUT2D eigenvalue weighted by molar-refractivity contribution is -0.138. The largest absolute Gasteiger partial charge is 0.342 e. The third kappa shape index (κ3) is 3.97. The molecular weight excluding hydrogens is 248 g/mol. The maximum Gasteiger partial charge on any atom is 0.225 e. The summed E-state index contributed by atoms with van der Waals surface area (Å²) in [7, 11) is 2.06. The Kier molecular flexibility index (Phi) is 6.34. The summed E-state index contributed by atoms with van der Waals surface area (Å²) in [6.07, 6.45) is 11.1. The van der Waals surface area contributed by atoms with E-state index in [-0.39, 0.29) is 0 Å². The van der Waals surface area contributed by atoms with Crippen LogP contribution in [0.1, 0.15) is 64.7 Å². The van der Waals surface area contributed by atoms with E-state index in [4.69, 9.17) is 0 Å². The zero-order valence-corrected chi connectivity index (χ0v) is 13.4. The zero-order chi connectivity index (χ0) is 14.4. The average molecular weight is 280 g/mol. The predicted molar refractivity (Wildman–Crippen MR) is 83.6 cm³/mol. The van der Waals surface area contributed by atoms with Gasteiger partial charge in [0.15, 0.2) is 0 Å². The molecule has 2 fully saturated rings. The molecule has 0 aromatic rings. The second-order valence-electron chi connectivity index (χ2n) is 6.68. The first-order valence-electron chi connectivity index (χ1n) is 8.72. The molecule has 2 aliphatic rings. The van der Waals surface area contributed by atoms with Crippen LogP contribution in [0.4, 0.5) is 0 Å². The number of amides is 1. The molecule has 0 aromatic carbocycles. The Hall–Kier alpha value is -0.570. The van der Waals surface area contributed by atoms with Crippen molar-refractivity contribution >= 4 is 5.91 Å². The van der Waals surface area contributed by atoms with Crippen LogP contribution in [0.2, 0.25) is 0 Å². The molecule has 1 amide bonds. The van der Waals surface area contributed by atoms with Gasteiger partial charge in [-0.3, -0.25) is 4.79 Å². The summed E-state index contributed by atoms with van der Waals surface area (Å²) < 4.78 is 0. The fourth-order valence-electron chi connectivity index (χ4n) is 3.99. The Bertz CT molecular complexity index is 297. The van der Waals surface area contributed by atoms with Gasteiger partial charge in [-0.1, -0.05) is 45.4 Å². The fraction of sp³-hybridized carbons (Fsp3) is 0.941. The van der Waals surface area contributed by atoms with Crippen LogP contribution in [-0.4, -0.2) is 37.0 Å². The molecule has 20 heavy (non-hydrogen) atoms.